The van der Waals surface area contributed by atoms with Gasteiger partial charge in [0.05, 0.1) is 13.2 Å². The zero-order valence-electron chi connectivity index (χ0n) is 16.0. The van der Waals surface area contributed by atoms with E-state index in [2.05, 4.69) is 24.7 Å². The molecule has 1 aromatic carbocycles. The smallest absolute Gasteiger partial charge is 0.134 e. The first-order valence-electron chi connectivity index (χ1n) is 9.70. The Morgan fingerprint density at radius 1 is 0.893 bits per heavy atom. The second-order valence-electron chi connectivity index (χ2n) is 7.20. The maximum absolute atomic E-state index is 14.1. The van der Waals surface area contributed by atoms with Crippen molar-refractivity contribution in [2.24, 2.45) is 0 Å². The molecular formula is C20H25F2N5O. The number of anilines is 2. The van der Waals surface area contributed by atoms with Gasteiger partial charge in [0, 0.05) is 63.0 Å². The summed E-state index contributed by atoms with van der Waals surface area (Å²) in [6.07, 6.45) is 1.61. The topological polar surface area (TPSA) is 44.7 Å². The number of rotatable bonds is 4. The van der Waals surface area contributed by atoms with E-state index in [4.69, 9.17) is 4.74 Å². The highest BCUT2D eigenvalue weighted by atomic mass is 19.1. The molecule has 2 aromatic rings. The number of aromatic nitrogens is 2. The second kappa shape index (κ2) is 8.36. The van der Waals surface area contributed by atoms with Crippen molar-refractivity contribution in [3.05, 3.63) is 47.8 Å². The zero-order chi connectivity index (χ0) is 19.5. The Morgan fingerprint density at radius 3 is 2.18 bits per heavy atom. The number of benzene rings is 1. The maximum atomic E-state index is 14.1. The Labute approximate surface area is 163 Å². The average Bonchev–Trinajstić information content (AvgIpc) is 2.74. The minimum atomic E-state index is -0.543. The van der Waals surface area contributed by atoms with Crippen LogP contribution in [0.15, 0.2) is 30.6 Å². The summed E-state index contributed by atoms with van der Waals surface area (Å²) in [6, 6.07) is 5.75. The molecule has 2 aliphatic heterocycles. The molecule has 0 spiro atoms. The first-order chi connectivity index (χ1) is 13.6. The highest BCUT2D eigenvalue weighted by molar-refractivity contribution is 5.50. The van der Waals surface area contributed by atoms with Crippen LogP contribution >= 0.6 is 0 Å². The summed E-state index contributed by atoms with van der Waals surface area (Å²) < 4.78 is 32.7. The molecule has 0 radical (unpaired) electrons. The van der Waals surface area contributed by atoms with Crippen LogP contribution in [0.25, 0.3) is 0 Å². The standard InChI is InChI=1S/C20H25F2N5O/c1-15(17-3-2-16(21)12-18(17)22)25-4-6-26(7-5-25)19-13-20(24-14-23-19)27-8-10-28-11-9-27/h2-3,12-15H,4-11H2,1H3. The van der Waals surface area contributed by atoms with Gasteiger partial charge < -0.3 is 14.5 Å². The van der Waals surface area contributed by atoms with Crippen LogP contribution in [0.2, 0.25) is 0 Å². The van der Waals surface area contributed by atoms with Gasteiger partial charge in [-0.2, -0.15) is 0 Å². The Balaban J connectivity index is 1.40. The number of ether oxygens (including phenoxy) is 1. The van der Waals surface area contributed by atoms with Crippen LogP contribution < -0.4 is 9.80 Å². The van der Waals surface area contributed by atoms with Crippen molar-refractivity contribution in [1.29, 1.82) is 0 Å². The number of piperazine rings is 1. The summed E-state index contributed by atoms with van der Waals surface area (Å²) in [5.41, 5.74) is 0.534. The molecule has 6 nitrogen and oxygen atoms in total. The van der Waals surface area contributed by atoms with Gasteiger partial charge >= 0.3 is 0 Å². The van der Waals surface area contributed by atoms with E-state index in [0.29, 0.717) is 5.56 Å². The van der Waals surface area contributed by atoms with Crippen LogP contribution in [0.4, 0.5) is 20.4 Å². The normalized spacial score (nSPS) is 19.7. The molecule has 3 heterocycles. The van der Waals surface area contributed by atoms with Gasteiger partial charge in [-0.05, 0) is 13.0 Å². The molecule has 150 valence electrons. The van der Waals surface area contributed by atoms with E-state index >= 15 is 0 Å². The molecule has 0 aliphatic carbocycles. The Hall–Kier alpha value is -2.32. The molecule has 28 heavy (non-hydrogen) atoms. The van der Waals surface area contributed by atoms with Gasteiger partial charge in [0.1, 0.15) is 29.6 Å². The van der Waals surface area contributed by atoms with Gasteiger partial charge in [-0.1, -0.05) is 6.07 Å². The van der Waals surface area contributed by atoms with Crippen LogP contribution in [0, 0.1) is 11.6 Å². The predicted molar refractivity (Wildman–Crippen MR) is 104 cm³/mol. The number of hydrogen-bond acceptors (Lipinski definition) is 6. The fourth-order valence-electron chi connectivity index (χ4n) is 3.85. The first-order valence-corrected chi connectivity index (χ1v) is 9.70. The van der Waals surface area contributed by atoms with Crippen molar-refractivity contribution in [1.82, 2.24) is 14.9 Å². The van der Waals surface area contributed by atoms with Gasteiger partial charge in [-0.3, -0.25) is 4.90 Å². The number of halogens is 2. The Morgan fingerprint density at radius 2 is 1.54 bits per heavy atom. The van der Waals surface area contributed by atoms with Crippen molar-refractivity contribution < 1.29 is 13.5 Å². The molecule has 4 rings (SSSR count). The zero-order valence-corrected chi connectivity index (χ0v) is 16.0. The van der Waals surface area contributed by atoms with Gasteiger partial charge in [0.25, 0.3) is 0 Å². The summed E-state index contributed by atoms with van der Waals surface area (Å²) >= 11 is 0. The summed E-state index contributed by atoms with van der Waals surface area (Å²) in [6.45, 7) is 8.25. The monoisotopic (exact) mass is 389 g/mol. The van der Waals surface area contributed by atoms with E-state index in [1.807, 2.05) is 13.0 Å². The van der Waals surface area contributed by atoms with Crippen LogP contribution in [0.3, 0.4) is 0 Å². The first kappa shape index (κ1) is 19.0. The van der Waals surface area contributed by atoms with Crippen LogP contribution in [0.5, 0.6) is 0 Å². The van der Waals surface area contributed by atoms with E-state index in [1.54, 1.807) is 12.4 Å². The minimum absolute atomic E-state index is 0.0999. The Kier molecular flexibility index (Phi) is 5.68. The quantitative estimate of drug-likeness (QED) is 0.801. The lowest BCUT2D eigenvalue weighted by atomic mass is 10.1. The lowest BCUT2D eigenvalue weighted by Crippen LogP contribution is -2.47. The van der Waals surface area contributed by atoms with Crippen molar-refractivity contribution in [3.8, 4) is 0 Å². The molecule has 1 unspecified atom stereocenters. The molecule has 8 heteroatoms. The second-order valence-corrected chi connectivity index (χ2v) is 7.20. The van der Waals surface area contributed by atoms with E-state index in [1.165, 1.54) is 6.07 Å². The van der Waals surface area contributed by atoms with E-state index < -0.39 is 11.6 Å². The fourth-order valence-corrected chi connectivity index (χ4v) is 3.85. The third-order valence-electron chi connectivity index (χ3n) is 5.57. The van der Waals surface area contributed by atoms with Crippen LogP contribution in [-0.2, 0) is 4.74 Å². The number of hydrogen-bond donors (Lipinski definition) is 0. The summed E-state index contributed by atoms with van der Waals surface area (Å²) in [5.74, 6) is 0.813. The van der Waals surface area contributed by atoms with Gasteiger partial charge in [-0.15, -0.1) is 0 Å². The largest absolute Gasteiger partial charge is 0.378 e. The van der Waals surface area contributed by atoms with E-state index in [-0.39, 0.29) is 6.04 Å². The van der Waals surface area contributed by atoms with Crippen molar-refractivity contribution in [3.63, 3.8) is 0 Å². The maximum Gasteiger partial charge on any atom is 0.134 e. The van der Waals surface area contributed by atoms with E-state index in [0.717, 1.165) is 70.2 Å². The fraction of sp³-hybridized carbons (Fsp3) is 0.500. The third-order valence-corrected chi connectivity index (χ3v) is 5.57. The van der Waals surface area contributed by atoms with Crippen LogP contribution in [0.1, 0.15) is 18.5 Å². The molecular weight excluding hydrogens is 364 g/mol. The molecule has 0 saturated carbocycles. The predicted octanol–water partition coefficient (Wildman–Crippen LogP) is 2.47. The molecule has 2 fully saturated rings. The highest BCUT2D eigenvalue weighted by Gasteiger charge is 2.25. The average molecular weight is 389 g/mol. The van der Waals surface area contributed by atoms with E-state index in [9.17, 15) is 8.78 Å². The number of morpholine rings is 1. The third kappa shape index (κ3) is 4.07. The summed E-state index contributed by atoms with van der Waals surface area (Å²) in [4.78, 5) is 15.5. The molecule has 1 aromatic heterocycles. The molecule has 1 atom stereocenters. The molecule has 2 saturated heterocycles. The van der Waals surface area contributed by atoms with Crippen LogP contribution in [-0.4, -0.2) is 67.4 Å². The SMILES string of the molecule is CC(c1ccc(F)cc1F)N1CCN(c2cc(N3CCOCC3)ncn2)CC1. The lowest BCUT2D eigenvalue weighted by molar-refractivity contribution is 0.122. The number of nitrogens with zero attached hydrogens (tertiary/aromatic N) is 5. The summed E-state index contributed by atoms with van der Waals surface area (Å²) in [5, 5.41) is 0. The molecule has 2 aliphatic rings. The van der Waals surface area contributed by atoms with Crippen molar-refractivity contribution in [2.45, 2.75) is 13.0 Å². The van der Waals surface area contributed by atoms with Crippen molar-refractivity contribution in [2.75, 3.05) is 62.3 Å². The van der Waals surface area contributed by atoms with Gasteiger partial charge in [0.15, 0.2) is 0 Å². The Bertz CT molecular complexity index is 807. The summed E-state index contributed by atoms with van der Waals surface area (Å²) in [7, 11) is 0. The van der Waals surface area contributed by atoms with Gasteiger partial charge in [-0.25, -0.2) is 18.7 Å². The lowest BCUT2D eigenvalue weighted by Gasteiger charge is -2.39. The molecule has 0 N–H and O–H groups in total. The molecule has 0 bridgehead atoms. The van der Waals surface area contributed by atoms with Gasteiger partial charge in [0.2, 0.25) is 0 Å². The highest BCUT2D eigenvalue weighted by Crippen LogP contribution is 2.26. The minimum Gasteiger partial charge on any atom is -0.378 e. The molecule has 0 amide bonds. The van der Waals surface area contributed by atoms with Crippen molar-refractivity contribution >= 4 is 11.6 Å².